The molecule has 2 rings (SSSR count). The molecular formula is C44H82N2O3. The number of likely N-dealkylation sites (N-methyl/N-ethyl adjacent to an activating group) is 2. The van der Waals surface area contributed by atoms with Crippen molar-refractivity contribution in [1.29, 1.82) is 0 Å². The largest absolute Gasteiger partial charge is 0.469 e. The van der Waals surface area contributed by atoms with Crippen LogP contribution in [-0.4, -0.2) is 62.7 Å². The zero-order chi connectivity index (χ0) is 35.0. The van der Waals surface area contributed by atoms with E-state index in [2.05, 4.69) is 37.7 Å². The van der Waals surface area contributed by atoms with Crippen molar-refractivity contribution < 1.29 is 14.2 Å². The summed E-state index contributed by atoms with van der Waals surface area (Å²) in [7, 11) is 4.35. The minimum atomic E-state index is -0.110. The number of ether oxygens (including phenoxy) is 3. The highest BCUT2D eigenvalue weighted by molar-refractivity contribution is 5.39. The molecule has 1 aliphatic heterocycles. The molecule has 0 N–H and O–H groups in total. The summed E-state index contributed by atoms with van der Waals surface area (Å²) in [6, 6.07) is 8.16. The Balaban J connectivity index is 1.57. The van der Waals surface area contributed by atoms with Crippen LogP contribution in [0.2, 0.25) is 0 Å². The lowest BCUT2D eigenvalue weighted by Gasteiger charge is -2.28. The zero-order valence-electron chi connectivity index (χ0n) is 33.2. The van der Waals surface area contributed by atoms with Crippen LogP contribution in [0.5, 0.6) is 11.5 Å². The molecule has 286 valence electrons. The number of hydrogen-bond acceptors (Lipinski definition) is 5. The summed E-state index contributed by atoms with van der Waals surface area (Å²) in [6.07, 6.45) is 38.6. The topological polar surface area (TPSA) is 34.2 Å². The maximum Gasteiger partial charge on any atom is 0.176 e. The van der Waals surface area contributed by atoms with Crippen LogP contribution >= 0.6 is 0 Å². The summed E-state index contributed by atoms with van der Waals surface area (Å²) in [4.78, 5) is 4.66. The highest BCUT2D eigenvalue weighted by Crippen LogP contribution is 2.30. The summed E-state index contributed by atoms with van der Waals surface area (Å²) in [5, 5.41) is 0. The second-order valence-corrected chi connectivity index (χ2v) is 15.3. The first kappa shape index (κ1) is 43.9. The standard InChI is InChI=1S/C44H82N2O3/c1-5-7-9-11-13-15-17-19-21-23-25-27-29-33-37-45(3)43-39-47-40-44(49-42-36-32-31-35-41(42)48-43)46(4)38-34-30-28-26-24-22-20-18-16-14-12-10-8-6-2/h31-32,35-36,43-44H,5-30,33-34,37-40H2,1-4H3. The molecule has 0 amide bonds. The SMILES string of the molecule is CCCCCCCCCCCCCCCCN(C)C1COCC(N(C)CCCCCCCCCCCCCCCC)Oc2ccccc2O1. The Bertz CT molecular complexity index is 784. The molecule has 2 atom stereocenters. The lowest BCUT2D eigenvalue weighted by atomic mass is 10.0. The first-order valence-electron chi connectivity index (χ1n) is 21.6. The fourth-order valence-electron chi connectivity index (χ4n) is 7.11. The monoisotopic (exact) mass is 687 g/mol. The first-order chi connectivity index (χ1) is 24.2. The third-order valence-electron chi connectivity index (χ3n) is 10.6. The van der Waals surface area contributed by atoms with Crippen molar-refractivity contribution in [2.75, 3.05) is 40.4 Å². The molecule has 1 aliphatic rings. The van der Waals surface area contributed by atoms with Crippen LogP contribution in [0, 0.1) is 0 Å². The van der Waals surface area contributed by atoms with Crippen LogP contribution in [0.4, 0.5) is 0 Å². The molecule has 49 heavy (non-hydrogen) atoms. The maximum absolute atomic E-state index is 6.52. The van der Waals surface area contributed by atoms with E-state index in [9.17, 15) is 0 Å². The molecule has 0 fully saturated rings. The Kier molecular flexibility index (Phi) is 28.1. The average molecular weight is 687 g/mol. The molecule has 1 aromatic carbocycles. The van der Waals surface area contributed by atoms with Crippen LogP contribution in [0.15, 0.2) is 24.3 Å². The van der Waals surface area contributed by atoms with E-state index in [-0.39, 0.29) is 12.5 Å². The van der Waals surface area contributed by atoms with Crippen LogP contribution in [0.1, 0.15) is 194 Å². The summed E-state index contributed by atoms with van der Waals surface area (Å²) < 4.78 is 19.3. The number of benzene rings is 1. The van der Waals surface area contributed by atoms with Crippen molar-refractivity contribution in [3.8, 4) is 11.5 Å². The Labute approximate surface area is 305 Å². The summed E-state index contributed by atoms with van der Waals surface area (Å²) in [6.45, 7) is 7.75. The van der Waals surface area contributed by atoms with E-state index < -0.39 is 0 Å². The Hall–Kier alpha value is -1.30. The molecule has 5 nitrogen and oxygen atoms in total. The number of fused-ring (bicyclic) bond motifs is 1. The first-order valence-corrected chi connectivity index (χ1v) is 21.6. The van der Waals surface area contributed by atoms with Gasteiger partial charge in [0, 0.05) is 13.1 Å². The normalized spacial score (nSPS) is 16.6. The van der Waals surface area contributed by atoms with E-state index in [0.717, 1.165) is 24.6 Å². The van der Waals surface area contributed by atoms with Gasteiger partial charge in [-0.15, -0.1) is 0 Å². The summed E-state index contributed by atoms with van der Waals surface area (Å²) in [5.41, 5.74) is 0. The minimum Gasteiger partial charge on any atom is -0.469 e. The second kappa shape index (κ2) is 31.4. The number of hydrogen-bond donors (Lipinski definition) is 0. The zero-order valence-corrected chi connectivity index (χ0v) is 33.2. The van der Waals surface area contributed by atoms with Gasteiger partial charge in [-0.2, -0.15) is 0 Å². The van der Waals surface area contributed by atoms with Crippen LogP contribution in [0.3, 0.4) is 0 Å². The molecule has 0 bridgehead atoms. The van der Waals surface area contributed by atoms with E-state index in [1.54, 1.807) is 0 Å². The fraction of sp³-hybridized carbons (Fsp3) is 0.864. The Morgan fingerprint density at radius 1 is 0.429 bits per heavy atom. The van der Waals surface area contributed by atoms with Crippen molar-refractivity contribution in [3.05, 3.63) is 24.3 Å². The molecule has 0 spiro atoms. The minimum absolute atomic E-state index is 0.110. The molecule has 0 saturated heterocycles. The molecule has 0 radical (unpaired) electrons. The van der Waals surface area contributed by atoms with E-state index >= 15 is 0 Å². The molecule has 0 aliphatic carbocycles. The van der Waals surface area contributed by atoms with Crippen LogP contribution < -0.4 is 9.47 Å². The van der Waals surface area contributed by atoms with E-state index in [4.69, 9.17) is 14.2 Å². The number of nitrogens with zero attached hydrogens (tertiary/aromatic N) is 2. The van der Waals surface area contributed by atoms with Gasteiger partial charge in [0.2, 0.25) is 0 Å². The second-order valence-electron chi connectivity index (χ2n) is 15.3. The van der Waals surface area contributed by atoms with Gasteiger partial charge in [-0.05, 0) is 39.1 Å². The lowest BCUT2D eigenvalue weighted by molar-refractivity contribution is -0.0634. The third kappa shape index (κ3) is 23.0. The molecule has 2 unspecified atom stereocenters. The van der Waals surface area contributed by atoms with Gasteiger partial charge < -0.3 is 14.2 Å². The lowest BCUT2D eigenvalue weighted by Crippen LogP contribution is -2.43. The third-order valence-corrected chi connectivity index (χ3v) is 10.6. The highest BCUT2D eigenvalue weighted by Gasteiger charge is 2.25. The Morgan fingerprint density at radius 2 is 0.694 bits per heavy atom. The van der Waals surface area contributed by atoms with Crippen LogP contribution in [0.25, 0.3) is 0 Å². The van der Waals surface area contributed by atoms with Gasteiger partial charge in [-0.1, -0.05) is 193 Å². The van der Waals surface area contributed by atoms with Gasteiger partial charge >= 0.3 is 0 Å². The Morgan fingerprint density at radius 3 is 0.980 bits per heavy atom. The number of rotatable bonds is 32. The molecule has 1 heterocycles. The molecule has 1 aromatic rings. The van der Waals surface area contributed by atoms with Crippen molar-refractivity contribution in [1.82, 2.24) is 9.80 Å². The number of para-hydroxylation sites is 2. The van der Waals surface area contributed by atoms with E-state index in [1.165, 1.54) is 180 Å². The average Bonchev–Trinajstić information content (AvgIpc) is 3.21. The predicted octanol–water partition coefficient (Wildman–Crippen LogP) is 13.0. The summed E-state index contributed by atoms with van der Waals surface area (Å²) >= 11 is 0. The smallest absolute Gasteiger partial charge is 0.176 e. The van der Waals surface area contributed by atoms with Crippen molar-refractivity contribution >= 4 is 0 Å². The quantitative estimate of drug-likeness (QED) is 0.0705. The van der Waals surface area contributed by atoms with Crippen molar-refractivity contribution in [2.24, 2.45) is 0 Å². The van der Waals surface area contributed by atoms with Gasteiger partial charge in [-0.25, -0.2) is 0 Å². The molecule has 0 aromatic heterocycles. The van der Waals surface area contributed by atoms with Gasteiger partial charge in [0.1, 0.15) is 0 Å². The van der Waals surface area contributed by atoms with E-state index in [1.807, 2.05) is 24.3 Å². The van der Waals surface area contributed by atoms with Gasteiger partial charge in [0.05, 0.1) is 13.2 Å². The van der Waals surface area contributed by atoms with Crippen molar-refractivity contribution in [2.45, 2.75) is 206 Å². The fourth-order valence-corrected chi connectivity index (χ4v) is 7.11. The van der Waals surface area contributed by atoms with Crippen LogP contribution in [-0.2, 0) is 4.74 Å². The maximum atomic E-state index is 6.52. The molecule has 0 saturated carbocycles. The number of unbranched alkanes of at least 4 members (excludes halogenated alkanes) is 26. The highest BCUT2D eigenvalue weighted by atomic mass is 16.6. The van der Waals surface area contributed by atoms with Gasteiger partial charge in [0.15, 0.2) is 24.0 Å². The summed E-state index contributed by atoms with van der Waals surface area (Å²) in [5.74, 6) is 1.64. The van der Waals surface area contributed by atoms with E-state index in [0.29, 0.717) is 13.2 Å². The van der Waals surface area contributed by atoms with Crippen molar-refractivity contribution in [3.63, 3.8) is 0 Å². The molecular weight excluding hydrogens is 604 g/mol. The van der Waals surface area contributed by atoms with Gasteiger partial charge in [0.25, 0.3) is 0 Å². The predicted molar refractivity (Wildman–Crippen MR) is 212 cm³/mol. The molecule has 5 heteroatoms. The van der Waals surface area contributed by atoms with Gasteiger partial charge in [-0.3, -0.25) is 9.80 Å².